The molecule has 250 valence electrons. The maximum Gasteiger partial charge on any atom is 0.310 e. The van der Waals surface area contributed by atoms with Gasteiger partial charge in [-0.25, -0.2) is 0 Å². The summed E-state index contributed by atoms with van der Waals surface area (Å²) in [5.74, 6) is -0.430. The number of pyridine rings is 2. The van der Waals surface area contributed by atoms with Crippen molar-refractivity contribution in [3.63, 3.8) is 0 Å². The van der Waals surface area contributed by atoms with E-state index in [1.165, 1.54) is 6.08 Å². The number of nitrogens with zero attached hydrogens (tertiary/aromatic N) is 2. The van der Waals surface area contributed by atoms with Crippen LogP contribution in [-0.4, -0.2) is 44.0 Å². The van der Waals surface area contributed by atoms with Crippen LogP contribution in [-0.2, 0) is 19.1 Å². The van der Waals surface area contributed by atoms with Crippen molar-refractivity contribution in [2.24, 2.45) is 0 Å². The van der Waals surface area contributed by atoms with Gasteiger partial charge in [-0.1, -0.05) is 40.2 Å². The zero-order chi connectivity index (χ0) is 35.4. The van der Waals surface area contributed by atoms with Crippen LogP contribution in [0.4, 0.5) is 0 Å². The molecule has 2 aromatic carbocycles. The van der Waals surface area contributed by atoms with Gasteiger partial charge in [-0.05, 0) is 109 Å². The minimum atomic E-state index is -0.509. The molecule has 0 aliphatic rings. The van der Waals surface area contributed by atoms with E-state index in [2.05, 4.69) is 32.5 Å². The molecule has 0 saturated heterocycles. The molecule has 0 amide bonds. The summed E-state index contributed by atoms with van der Waals surface area (Å²) < 4.78 is 11.2. The highest BCUT2D eigenvalue weighted by atomic mass is 79.9. The number of carbonyl (C=O) groups is 3. The van der Waals surface area contributed by atoms with Crippen molar-refractivity contribution in [1.82, 2.24) is 9.97 Å². The third-order valence-electron chi connectivity index (χ3n) is 6.00. The number of esters is 2. The summed E-state index contributed by atoms with van der Waals surface area (Å²) >= 11 is 3.38. The lowest BCUT2D eigenvalue weighted by atomic mass is 10.1. The molecule has 0 aliphatic heterocycles. The van der Waals surface area contributed by atoms with Gasteiger partial charge in [0.1, 0.15) is 11.2 Å². The largest absolute Gasteiger partial charge is 0.460 e. The minimum absolute atomic E-state index is 0.0411. The van der Waals surface area contributed by atoms with Gasteiger partial charge in [-0.2, -0.15) is 0 Å². The number of Topliss-reactive ketones (excluding diaryl/α,β-unsaturated/α-hetero) is 1. The number of rotatable bonds is 7. The van der Waals surface area contributed by atoms with Gasteiger partial charge in [0.2, 0.25) is 0 Å². The number of carbonyl (C=O) groups excluding carboxylic acids is 3. The van der Waals surface area contributed by atoms with Crippen molar-refractivity contribution in [2.75, 3.05) is 0 Å². The number of hydrogen-bond acceptors (Lipinski definition) is 8. The Hall–Kier alpha value is -4.21. The first-order valence-corrected chi connectivity index (χ1v) is 16.0. The number of aliphatic hydroxyl groups is 1. The second kappa shape index (κ2) is 17.6. The van der Waals surface area contributed by atoms with E-state index in [1.54, 1.807) is 32.3 Å². The van der Waals surface area contributed by atoms with Gasteiger partial charge < -0.3 is 14.6 Å². The Balaban J connectivity index is 0.000000272. The van der Waals surface area contributed by atoms with Crippen molar-refractivity contribution in [1.29, 1.82) is 0 Å². The number of halogens is 1. The Morgan fingerprint density at radius 1 is 0.851 bits per heavy atom. The minimum Gasteiger partial charge on any atom is -0.460 e. The van der Waals surface area contributed by atoms with Gasteiger partial charge in [0.15, 0.2) is 5.78 Å². The van der Waals surface area contributed by atoms with Crippen LogP contribution >= 0.6 is 15.9 Å². The highest BCUT2D eigenvalue weighted by molar-refractivity contribution is 9.10. The maximum atomic E-state index is 11.7. The monoisotopic (exact) mass is 704 g/mol. The Bertz CT molecular complexity index is 1730. The first kappa shape index (κ1) is 39.0. The van der Waals surface area contributed by atoms with Gasteiger partial charge in [-0.15, -0.1) is 6.58 Å². The van der Waals surface area contributed by atoms with E-state index in [9.17, 15) is 19.5 Å². The fourth-order valence-corrected chi connectivity index (χ4v) is 4.37. The zero-order valence-electron chi connectivity index (χ0n) is 28.5. The molecule has 0 spiro atoms. The van der Waals surface area contributed by atoms with Crippen molar-refractivity contribution in [3.8, 4) is 0 Å². The molecule has 1 N–H and O–H groups in total. The molecule has 4 rings (SSSR count). The summed E-state index contributed by atoms with van der Waals surface area (Å²) in [6.45, 7) is 17.8. The molecule has 0 aliphatic carbocycles. The van der Waals surface area contributed by atoms with Gasteiger partial charge in [0.05, 0.1) is 30.0 Å². The lowest BCUT2D eigenvalue weighted by Gasteiger charge is -2.18. The fourth-order valence-electron chi connectivity index (χ4n) is 3.99. The van der Waals surface area contributed by atoms with Gasteiger partial charge in [0, 0.05) is 33.2 Å². The summed E-state index contributed by atoms with van der Waals surface area (Å²) in [4.78, 5) is 42.1. The molecule has 2 heterocycles. The molecule has 0 radical (unpaired) electrons. The van der Waals surface area contributed by atoms with Crippen LogP contribution in [0.2, 0.25) is 0 Å². The van der Waals surface area contributed by atoms with E-state index < -0.39 is 11.7 Å². The van der Waals surface area contributed by atoms with E-state index in [0.717, 1.165) is 37.4 Å². The van der Waals surface area contributed by atoms with E-state index in [0.29, 0.717) is 5.56 Å². The van der Waals surface area contributed by atoms with Crippen LogP contribution in [0.3, 0.4) is 0 Å². The van der Waals surface area contributed by atoms with Crippen molar-refractivity contribution in [3.05, 3.63) is 101 Å². The van der Waals surface area contributed by atoms with E-state index in [-0.39, 0.29) is 36.2 Å². The number of fused-ring (bicyclic) bond motifs is 2. The Morgan fingerprint density at radius 3 is 1.96 bits per heavy atom. The third-order valence-corrected chi connectivity index (χ3v) is 6.50. The van der Waals surface area contributed by atoms with Crippen molar-refractivity contribution in [2.45, 2.75) is 85.5 Å². The maximum absolute atomic E-state index is 11.7. The van der Waals surface area contributed by atoms with Crippen LogP contribution in [0, 0.1) is 0 Å². The normalized spacial score (nSPS) is 12.0. The predicted molar refractivity (Wildman–Crippen MR) is 192 cm³/mol. The molecule has 9 heteroatoms. The predicted octanol–water partition coefficient (Wildman–Crippen LogP) is 9.14. The Morgan fingerprint density at radius 2 is 1.40 bits per heavy atom. The summed E-state index contributed by atoms with van der Waals surface area (Å²) in [5, 5.41) is 11.6. The lowest BCUT2D eigenvalue weighted by Crippen LogP contribution is -2.23. The first-order chi connectivity index (χ1) is 21.9. The van der Waals surface area contributed by atoms with Gasteiger partial charge in [-0.3, -0.25) is 24.4 Å². The molecule has 0 unspecified atom stereocenters. The molecule has 4 aromatic rings. The molecule has 47 heavy (non-hydrogen) atoms. The lowest BCUT2D eigenvalue weighted by molar-refractivity contribution is -0.154. The standard InChI is InChI=1S/C19H23NO3.C11H8BrNO.C8H14O2/c1-13(21)15-8-9-17-16(11-15)10-14(12-20-17)6-5-7-18(22)23-19(2,3)4;1-7(14)9-4-8-5-10(12)2-3-11(8)13-6-9;1-5-6-7(9)10-8(2,3)4/h5-6,8-13,21H,7H2,1-4H3;2-6H,1H3;5H,1,6H2,2-4H3/b6-5+;;/t13-;;/m1../s1. The molecular weight excluding hydrogens is 660 g/mol. The van der Waals surface area contributed by atoms with Crippen LogP contribution in [0.25, 0.3) is 27.9 Å². The summed E-state index contributed by atoms with van der Waals surface area (Å²) in [7, 11) is 0. The number of ketones is 1. The summed E-state index contributed by atoms with van der Waals surface area (Å²) in [6.07, 6.45) is 8.54. The smallest absolute Gasteiger partial charge is 0.310 e. The van der Waals surface area contributed by atoms with Crippen LogP contribution in [0.15, 0.2) is 84.1 Å². The molecule has 0 saturated carbocycles. The third kappa shape index (κ3) is 14.8. The van der Waals surface area contributed by atoms with E-state index in [4.69, 9.17) is 9.47 Å². The zero-order valence-corrected chi connectivity index (χ0v) is 30.1. The topological polar surface area (TPSA) is 116 Å². The van der Waals surface area contributed by atoms with Crippen LogP contribution in [0.1, 0.15) is 95.8 Å². The number of benzene rings is 2. The van der Waals surface area contributed by atoms with Crippen molar-refractivity contribution < 1.29 is 29.0 Å². The Kier molecular flexibility index (Phi) is 14.6. The molecule has 1 atom stereocenters. The van der Waals surface area contributed by atoms with Crippen LogP contribution in [0.5, 0.6) is 0 Å². The molecule has 2 aromatic heterocycles. The number of hydrogen-bond donors (Lipinski definition) is 1. The second-order valence-electron chi connectivity index (χ2n) is 12.8. The quantitative estimate of drug-likeness (QED) is 0.115. The van der Waals surface area contributed by atoms with Gasteiger partial charge >= 0.3 is 11.9 Å². The highest BCUT2D eigenvalue weighted by Crippen LogP contribution is 2.21. The number of aromatic nitrogens is 2. The molecular formula is C38H45BrN2O6. The first-order valence-electron chi connectivity index (χ1n) is 15.2. The van der Waals surface area contributed by atoms with Crippen LogP contribution < -0.4 is 0 Å². The van der Waals surface area contributed by atoms with Gasteiger partial charge in [0.25, 0.3) is 0 Å². The summed E-state index contributed by atoms with van der Waals surface area (Å²) in [5.41, 5.74) is 3.35. The number of aliphatic hydroxyl groups excluding tert-OH is 1. The SMILES string of the molecule is C=CCC(=O)OC(C)(C)C.CC(=O)c1cnc2ccc(Br)cc2c1.C[C@@H](O)c1ccc2ncc(/C=C/CC(=O)OC(C)(C)C)cc2c1. The Labute approximate surface area is 286 Å². The van der Waals surface area contributed by atoms with E-state index in [1.807, 2.05) is 96.1 Å². The number of ether oxygens (including phenoxy) is 2. The molecule has 0 bridgehead atoms. The van der Waals surface area contributed by atoms with Crippen molar-refractivity contribution >= 4 is 61.5 Å². The average molecular weight is 706 g/mol. The second-order valence-corrected chi connectivity index (χ2v) is 13.7. The summed E-state index contributed by atoms with van der Waals surface area (Å²) in [6, 6.07) is 15.3. The average Bonchev–Trinajstić information content (AvgIpc) is 2.95. The molecule has 0 fully saturated rings. The molecule has 8 nitrogen and oxygen atoms in total. The fraction of sp³-hybridized carbons (Fsp3) is 0.342. The highest BCUT2D eigenvalue weighted by Gasteiger charge is 2.15. The van der Waals surface area contributed by atoms with E-state index >= 15 is 0 Å².